The topological polar surface area (TPSA) is 44.3 Å². The van der Waals surface area contributed by atoms with Gasteiger partial charge in [-0.1, -0.05) is 0 Å². The van der Waals surface area contributed by atoms with Gasteiger partial charge >= 0.3 is 0 Å². The quantitative estimate of drug-likeness (QED) is 0.940. The average Bonchev–Trinajstić information content (AvgIpc) is 2.58. The summed E-state index contributed by atoms with van der Waals surface area (Å²) in [6, 6.07) is 9.24. The van der Waals surface area contributed by atoms with Crippen LogP contribution in [0.5, 0.6) is 0 Å². The van der Waals surface area contributed by atoms with Gasteiger partial charge in [0.1, 0.15) is 0 Å². The fourth-order valence-corrected chi connectivity index (χ4v) is 2.89. The molecule has 0 saturated carbocycles. The van der Waals surface area contributed by atoms with Crippen molar-refractivity contribution in [2.24, 2.45) is 0 Å². The Morgan fingerprint density at radius 2 is 1.65 bits per heavy atom. The van der Waals surface area contributed by atoms with Crippen molar-refractivity contribution in [1.82, 2.24) is 9.97 Å². The second-order valence-electron chi connectivity index (χ2n) is 6.40. The molecule has 5 nitrogen and oxygen atoms in total. The Morgan fingerprint density at radius 3 is 2.22 bits per heavy atom. The minimum atomic E-state index is 0.454. The number of hydrogen-bond acceptors (Lipinski definition) is 5. The highest BCUT2D eigenvalue weighted by molar-refractivity contribution is 5.56. The van der Waals surface area contributed by atoms with Crippen LogP contribution in [0.1, 0.15) is 18.4 Å². The first kappa shape index (κ1) is 15.6. The van der Waals surface area contributed by atoms with Crippen LogP contribution in [-0.2, 0) is 0 Å². The number of anilines is 3. The van der Waals surface area contributed by atoms with Gasteiger partial charge in [-0.05, 0) is 49.6 Å². The molecule has 2 heterocycles. The lowest BCUT2D eigenvalue weighted by Crippen LogP contribution is -2.39. The van der Waals surface area contributed by atoms with Crippen LogP contribution < -0.4 is 15.1 Å². The molecule has 0 radical (unpaired) electrons. The van der Waals surface area contributed by atoms with E-state index in [4.69, 9.17) is 0 Å². The summed E-state index contributed by atoms with van der Waals surface area (Å²) in [7, 11) is 4.14. The highest BCUT2D eigenvalue weighted by atomic mass is 15.2. The van der Waals surface area contributed by atoms with E-state index in [-0.39, 0.29) is 0 Å². The van der Waals surface area contributed by atoms with E-state index in [1.165, 1.54) is 11.4 Å². The molecule has 3 rings (SSSR count). The van der Waals surface area contributed by atoms with E-state index < -0.39 is 0 Å². The summed E-state index contributed by atoms with van der Waals surface area (Å²) in [6.45, 7) is 4.12. The first-order chi connectivity index (χ1) is 11.1. The summed E-state index contributed by atoms with van der Waals surface area (Å²) in [6.07, 6.45) is 5.92. The smallest absolute Gasteiger partial charge is 0.222 e. The van der Waals surface area contributed by atoms with Gasteiger partial charge < -0.3 is 15.1 Å². The summed E-state index contributed by atoms with van der Waals surface area (Å²) in [5.74, 6) is 0.740. The Labute approximate surface area is 138 Å². The number of nitrogens with zero attached hydrogens (tertiary/aromatic N) is 4. The molecule has 0 spiro atoms. The van der Waals surface area contributed by atoms with Gasteiger partial charge in [0, 0.05) is 57.0 Å². The molecule has 0 amide bonds. The maximum atomic E-state index is 4.34. The molecule has 1 aliphatic rings. The van der Waals surface area contributed by atoms with E-state index in [2.05, 4.69) is 63.4 Å². The molecule has 2 aromatic rings. The van der Waals surface area contributed by atoms with Crippen molar-refractivity contribution >= 4 is 17.3 Å². The molecule has 0 aliphatic carbocycles. The normalized spacial score (nSPS) is 15.5. The molecular weight excluding hydrogens is 286 g/mol. The molecule has 1 aromatic heterocycles. The van der Waals surface area contributed by atoms with Crippen molar-refractivity contribution < 1.29 is 0 Å². The lowest BCUT2D eigenvalue weighted by atomic mass is 10.0. The van der Waals surface area contributed by atoms with Gasteiger partial charge in [0.25, 0.3) is 0 Å². The molecule has 5 heteroatoms. The van der Waals surface area contributed by atoms with E-state index in [1.807, 2.05) is 19.3 Å². The first-order valence-electron chi connectivity index (χ1n) is 8.19. The summed E-state index contributed by atoms with van der Waals surface area (Å²) >= 11 is 0. The second-order valence-corrected chi connectivity index (χ2v) is 6.40. The molecular formula is C18H25N5. The Balaban J connectivity index is 1.54. The average molecular weight is 311 g/mol. The summed E-state index contributed by atoms with van der Waals surface area (Å²) < 4.78 is 0. The molecule has 0 bridgehead atoms. The van der Waals surface area contributed by atoms with Crippen molar-refractivity contribution in [2.75, 3.05) is 42.3 Å². The fourth-order valence-electron chi connectivity index (χ4n) is 2.89. The molecule has 23 heavy (non-hydrogen) atoms. The van der Waals surface area contributed by atoms with Gasteiger partial charge in [-0.15, -0.1) is 0 Å². The number of piperidine rings is 1. The van der Waals surface area contributed by atoms with Crippen LogP contribution >= 0.6 is 0 Å². The van der Waals surface area contributed by atoms with Gasteiger partial charge in [-0.3, -0.25) is 0 Å². The van der Waals surface area contributed by atoms with E-state index in [9.17, 15) is 0 Å². The zero-order valence-corrected chi connectivity index (χ0v) is 14.2. The van der Waals surface area contributed by atoms with Crippen LogP contribution in [0.4, 0.5) is 17.3 Å². The minimum absolute atomic E-state index is 0.454. The molecule has 0 atom stereocenters. The molecule has 1 saturated heterocycles. The molecule has 0 unspecified atom stereocenters. The first-order valence-corrected chi connectivity index (χ1v) is 8.19. The maximum Gasteiger partial charge on any atom is 0.222 e. The largest absolute Gasteiger partial charge is 0.378 e. The van der Waals surface area contributed by atoms with Crippen LogP contribution in [0, 0.1) is 6.92 Å². The number of nitrogens with one attached hydrogen (secondary N) is 1. The number of aromatic nitrogens is 2. The van der Waals surface area contributed by atoms with Crippen LogP contribution in [0.3, 0.4) is 0 Å². The van der Waals surface area contributed by atoms with Crippen LogP contribution in [-0.4, -0.2) is 43.2 Å². The SMILES string of the molecule is Cc1cnc(NC2CCN(c3ccc(N(C)C)cc3)CC2)nc1. The number of hydrogen-bond donors (Lipinski definition) is 1. The van der Waals surface area contributed by atoms with Gasteiger partial charge in [0.05, 0.1) is 0 Å². The van der Waals surface area contributed by atoms with Gasteiger partial charge in [-0.2, -0.15) is 0 Å². The number of benzene rings is 1. The second kappa shape index (κ2) is 6.86. The van der Waals surface area contributed by atoms with E-state index in [1.54, 1.807) is 0 Å². The lowest BCUT2D eigenvalue weighted by molar-refractivity contribution is 0.524. The standard InChI is InChI=1S/C18H25N5/c1-14-12-19-18(20-13-14)21-15-8-10-23(11-9-15)17-6-4-16(5-7-17)22(2)3/h4-7,12-13,15H,8-11H2,1-3H3,(H,19,20,21). The lowest BCUT2D eigenvalue weighted by Gasteiger charge is -2.34. The van der Waals surface area contributed by atoms with Crippen molar-refractivity contribution in [3.8, 4) is 0 Å². The number of rotatable bonds is 4. The molecule has 122 valence electrons. The van der Waals surface area contributed by atoms with Crippen molar-refractivity contribution in [1.29, 1.82) is 0 Å². The summed E-state index contributed by atoms with van der Waals surface area (Å²) in [5.41, 5.74) is 3.63. The Hall–Kier alpha value is -2.30. The third kappa shape index (κ3) is 3.92. The Morgan fingerprint density at radius 1 is 1.04 bits per heavy atom. The van der Waals surface area contributed by atoms with Gasteiger partial charge in [0.15, 0.2) is 0 Å². The Kier molecular flexibility index (Phi) is 4.65. The predicted octanol–water partition coefficient (Wildman–Crippen LogP) is 2.93. The van der Waals surface area contributed by atoms with E-state index in [0.717, 1.165) is 37.4 Å². The van der Waals surface area contributed by atoms with Crippen molar-refractivity contribution in [3.63, 3.8) is 0 Å². The molecule has 1 fully saturated rings. The molecule has 1 aliphatic heterocycles. The van der Waals surface area contributed by atoms with E-state index in [0.29, 0.717) is 6.04 Å². The summed E-state index contributed by atoms with van der Waals surface area (Å²) in [4.78, 5) is 13.2. The van der Waals surface area contributed by atoms with Crippen LogP contribution in [0.2, 0.25) is 0 Å². The third-order valence-corrected chi connectivity index (χ3v) is 4.34. The third-order valence-electron chi connectivity index (χ3n) is 4.34. The molecule has 1 N–H and O–H groups in total. The van der Waals surface area contributed by atoms with Gasteiger partial charge in [0.2, 0.25) is 5.95 Å². The highest BCUT2D eigenvalue weighted by Gasteiger charge is 2.20. The van der Waals surface area contributed by atoms with Crippen LogP contribution in [0.15, 0.2) is 36.7 Å². The van der Waals surface area contributed by atoms with Crippen molar-refractivity contribution in [3.05, 3.63) is 42.2 Å². The fraction of sp³-hybridized carbons (Fsp3) is 0.444. The Bertz CT molecular complexity index is 613. The van der Waals surface area contributed by atoms with Crippen LogP contribution in [0.25, 0.3) is 0 Å². The molecule has 1 aromatic carbocycles. The predicted molar refractivity (Wildman–Crippen MR) is 96.4 cm³/mol. The van der Waals surface area contributed by atoms with Crippen molar-refractivity contribution in [2.45, 2.75) is 25.8 Å². The number of aryl methyl sites for hydroxylation is 1. The highest BCUT2D eigenvalue weighted by Crippen LogP contribution is 2.23. The minimum Gasteiger partial charge on any atom is -0.378 e. The zero-order chi connectivity index (χ0) is 16.2. The van der Waals surface area contributed by atoms with Gasteiger partial charge in [-0.25, -0.2) is 9.97 Å². The van der Waals surface area contributed by atoms with E-state index >= 15 is 0 Å². The monoisotopic (exact) mass is 311 g/mol. The summed E-state index contributed by atoms with van der Waals surface area (Å²) in [5, 5.41) is 3.45. The maximum absolute atomic E-state index is 4.34. The zero-order valence-electron chi connectivity index (χ0n) is 14.2.